The number of benzene rings is 1. The summed E-state index contributed by atoms with van der Waals surface area (Å²) >= 11 is 0. The van der Waals surface area contributed by atoms with E-state index in [2.05, 4.69) is 16.7 Å². The minimum atomic E-state index is -0.929. The highest BCUT2D eigenvalue weighted by Gasteiger charge is 2.34. The second-order valence-electron chi connectivity index (χ2n) is 6.35. The second kappa shape index (κ2) is 6.06. The number of aryl methyl sites for hydroxylation is 1. The lowest BCUT2D eigenvalue weighted by Gasteiger charge is -2.34. The summed E-state index contributed by atoms with van der Waals surface area (Å²) in [5, 5.41) is 16.7. The zero-order valence-electron chi connectivity index (χ0n) is 12.4. The molecule has 1 fully saturated rings. The lowest BCUT2D eigenvalue weighted by Crippen LogP contribution is -2.48. The molecular weight excluding hydrogens is 264 g/mol. The molecule has 0 aliphatic heterocycles. The van der Waals surface area contributed by atoms with Crippen molar-refractivity contribution >= 4 is 6.03 Å². The molecule has 1 saturated carbocycles. The number of aliphatic hydroxyl groups is 1. The van der Waals surface area contributed by atoms with Crippen molar-refractivity contribution in [1.29, 1.82) is 0 Å². The quantitative estimate of drug-likeness (QED) is 0.800. The first-order valence-electron chi connectivity index (χ1n) is 8.02. The number of nitrogens with one attached hydrogen (secondary N) is 2. The van der Waals surface area contributed by atoms with Crippen LogP contribution in [-0.4, -0.2) is 23.7 Å². The number of carbonyl (C=O) groups is 1. The monoisotopic (exact) mass is 288 g/mol. The molecule has 4 heteroatoms. The van der Waals surface area contributed by atoms with Crippen LogP contribution in [0.1, 0.15) is 49.7 Å². The van der Waals surface area contributed by atoms with Gasteiger partial charge >= 0.3 is 6.03 Å². The Hall–Kier alpha value is -1.55. The summed E-state index contributed by atoms with van der Waals surface area (Å²) in [6, 6.07) is 8.15. The van der Waals surface area contributed by atoms with Gasteiger partial charge in [0, 0.05) is 6.04 Å². The lowest BCUT2D eigenvalue weighted by atomic mass is 9.79. The molecule has 0 heterocycles. The third-order valence-corrected chi connectivity index (χ3v) is 4.79. The molecular formula is C17H24N2O2. The van der Waals surface area contributed by atoms with Crippen LogP contribution in [0.25, 0.3) is 0 Å². The Labute approximate surface area is 125 Å². The maximum absolute atomic E-state index is 12.0. The normalized spacial score (nSPS) is 25.4. The van der Waals surface area contributed by atoms with Gasteiger partial charge in [-0.25, -0.2) is 4.79 Å². The number of rotatable bonds is 3. The Kier molecular flexibility index (Phi) is 4.15. The predicted molar refractivity (Wildman–Crippen MR) is 82.1 cm³/mol. The minimum Gasteiger partial charge on any atom is -0.383 e. The summed E-state index contributed by atoms with van der Waals surface area (Å²) in [6.07, 6.45) is 7.20. The van der Waals surface area contributed by atoms with E-state index in [4.69, 9.17) is 0 Å². The van der Waals surface area contributed by atoms with Crippen molar-refractivity contribution < 1.29 is 9.90 Å². The SMILES string of the molecule is O=C(NCC1(O)CCCc2ccccc21)NC1CCCC1. The Morgan fingerprint density at radius 3 is 2.81 bits per heavy atom. The fraction of sp³-hybridized carbons (Fsp3) is 0.588. The number of carbonyl (C=O) groups excluding carboxylic acids is 1. The van der Waals surface area contributed by atoms with Crippen molar-refractivity contribution in [2.45, 2.75) is 56.6 Å². The van der Waals surface area contributed by atoms with Crippen LogP contribution < -0.4 is 10.6 Å². The summed E-state index contributed by atoms with van der Waals surface area (Å²) < 4.78 is 0. The van der Waals surface area contributed by atoms with Crippen LogP contribution in [0.2, 0.25) is 0 Å². The van der Waals surface area contributed by atoms with E-state index in [0.717, 1.165) is 31.2 Å². The number of hydrogen-bond donors (Lipinski definition) is 3. The Balaban J connectivity index is 1.60. The van der Waals surface area contributed by atoms with E-state index in [-0.39, 0.29) is 12.6 Å². The second-order valence-corrected chi connectivity index (χ2v) is 6.35. The lowest BCUT2D eigenvalue weighted by molar-refractivity contribution is 0.0216. The van der Waals surface area contributed by atoms with Crippen molar-refractivity contribution in [3.8, 4) is 0 Å². The first-order chi connectivity index (χ1) is 10.2. The first kappa shape index (κ1) is 14.4. The Morgan fingerprint density at radius 2 is 2.00 bits per heavy atom. The van der Waals surface area contributed by atoms with Crippen molar-refractivity contribution in [2.24, 2.45) is 0 Å². The molecule has 2 amide bonds. The van der Waals surface area contributed by atoms with E-state index in [1.807, 2.05) is 18.2 Å². The fourth-order valence-corrected chi connectivity index (χ4v) is 3.61. The average Bonchev–Trinajstić information content (AvgIpc) is 2.99. The molecule has 4 nitrogen and oxygen atoms in total. The highest BCUT2D eigenvalue weighted by Crippen LogP contribution is 2.34. The molecule has 3 N–H and O–H groups in total. The van der Waals surface area contributed by atoms with Gasteiger partial charge in [-0.2, -0.15) is 0 Å². The van der Waals surface area contributed by atoms with Crippen LogP contribution in [0.15, 0.2) is 24.3 Å². The summed E-state index contributed by atoms with van der Waals surface area (Å²) in [4.78, 5) is 12.0. The smallest absolute Gasteiger partial charge is 0.315 e. The molecule has 1 aromatic rings. The molecule has 1 aromatic carbocycles. The molecule has 114 valence electrons. The van der Waals surface area contributed by atoms with Gasteiger partial charge in [0.25, 0.3) is 0 Å². The summed E-state index contributed by atoms with van der Waals surface area (Å²) in [7, 11) is 0. The van der Waals surface area contributed by atoms with E-state index in [9.17, 15) is 9.90 Å². The van der Waals surface area contributed by atoms with E-state index in [1.165, 1.54) is 18.4 Å². The molecule has 1 unspecified atom stereocenters. The van der Waals surface area contributed by atoms with Crippen LogP contribution in [-0.2, 0) is 12.0 Å². The zero-order chi connectivity index (χ0) is 14.7. The Bertz CT molecular complexity index is 511. The van der Waals surface area contributed by atoms with Crippen molar-refractivity contribution in [1.82, 2.24) is 10.6 Å². The van der Waals surface area contributed by atoms with E-state index >= 15 is 0 Å². The summed E-state index contributed by atoms with van der Waals surface area (Å²) in [5.74, 6) is 0. The number of urea groups is 1. The van der Waals surface area contributed by atoms with Crippen molar-refractivity contribution in [3.05, 3.63) is 35.4 Å². The molecule has 0 aromatic heterocycles. The zero-order valence-corrected chi connectivity index (χ0v) is 12.4. The van der Waals surface area contributed by atoms with E-state index in [0.29, 0.717) is 12.5 Å². The van der Waals surface area contributed by atoms with E-state index < -0.39 is 5.60 Å². The van der Waals surface area contributed by atoms with Gasteiger partial charge in [-0.05, 0) is 43.2 Å². The molecule has 1 atom stereocenters. The summed E-state index contributed by atoms with van der Waals surface area (Å²) in [5.41, 5.74) is 1.24. The summed E-state index contributed by atoms with van der Waals surface area (Å²) in [6.45, 7) is 0.280. The predicted octanol–water partition coefficient (Wildman–Crippen LogP) is 2.45. The molecule has 3 rings (SSSR count). The molecule has 2 aliphatic rings. The molecule has 0 bridgehead atoms. The largest absolute Gasteiger partial charge is 0.383 e. The van der Waals surface area contributed by atoms with Gasteiger partial charge in [0.1, 0.15) is 5.60 Å². The topological polar surface area (TPSA) is 61.4 Å². The van der Waals surface area contributed by atoms with Gasteiger partial charge in [-0.3, -0.25) is 0 Å². The van der Waals surface area contributed by atoms with Gasteiger partial charge in [-0.1, -0.05) is 37.1 Å². The maximum Gasteiger partial charge on any atom is 0.315 e. The Morgan fingerprint density at radius 1 is 1.24 bits per heavy atom. The van der Waals surface area contributed by atoms with Gasteiger partial charge in [-0.15, -0.1) is 0 Å². The number of amides is 2. The van der Waals surface area contributed by atoms with Crippen LogP contribution in [0.5, 0.6) is 0 Å². The minimum absolute atomic E-state index is 0.154. The molecule has 21 heavy (non-hydrogen) atoms. The van der Waals surface area contributed by atoms with Crippen LogP contribution >= 0.6 is 0 Å². The van der Waals surface area contributed by atoms with Crippen molar-refractivity contribution in [3.63, 3.8) is 0 Å². The first-order valence-corrected chi connectivity index (χ1v) is 8.02. The number of fused-ring (bicyclic) bond motifs is 1. The molecule has 2 aliphatic carbocycles. The van der Waals surface area contributed by atoms with Gasteiger partial charge in [0.2, 0.25) is 0 Å². The molecule has 0 radical (unpaired) electrons. The fourth-order valence-electron chi connectivity index (χ4n) is 3.61. The van der Waals surface area contributed by atoms with Gasteiger partial charge < -0.3 is 15.7 Å². The van der Waals surface area contributed by atoms with Crippen molar-refractivity contribution in [2.75, 3.05) is 6.54 Å². The molecule has 0 spiro atoms. The third kappa shape index (κ3) is 3.21. The van der Waals surface area contributed by atoms with Crippen LogP contribution in [0, 0.1) is 0 Å². The van der Waals surface area contributed by atoms with Crippen LogP contribution in [0.4, 0.5) is 4.79 Å². The van der Waals surface area contributed by atoms with Gasteiger partial charge in [0.05, 0.1) is 6.54 Å². The maximum atomic E-state index is 12.0. The number of hydrogen-bond acceptors (Lipinski definition) is 2. The standard InChI is InChI=1S/C17H24N2O2/c20-16(19-14-8-2-3-9-14)18-12-17(21)11-5-7-13-6-1-4-10-15(13)17/h1,4,6,10,14,21H,2-3,5,7-9,11-12H2,(H2,18,19,20). The highest BCUT2D eigenvalue weighted by atomic mass is 16.3. The van der Waals surface area contributed by atoms with Gasteiger partial charge in [0.15, 0.2) is 0 Å². The third-order valence-electron chi connectivity index (χ3n) is 4.79. The highest BCUT2D eigenvalue weighted by molar-refractivity contribution is 5.74. The average molecular weight is 288 g/mol. The van der Waals surface area contributed by atoms with E-state index in [1.54, 1.807) is 0 Å². The van der Waals surface area contributed by atoms with Crippen LogP contribution in [0.3, 0.4) is 0 Å². The molecule has 0 saturated heterocycles.